The van der Waals surface area contributed by atoms with Gasteiger partial charge >= 0.3 is 5.97 Å². The molecule has 1 atom stereocenters. The average molecular weight is 265 g/mol. The number of hydrogen-bond acceptors (Lipinski definition) is 1. The molecule has 1 aliphatic rings. The van der Waals surface area contributed by atoms with E-state index in [0.717, 1.165) is 35.4 Å². The molecule has 0 aromatic heterocycles. The number of hydrogen-bond donors (Lipinski definition) is 1. The third-order valence-corrected chi connectivity index (χ3v) is 3.95. The Labute approximate surface area is 112 Å². The Bertz CT molecular complexity index is 474. The Morgan fingerprint density at radius 1 is 1.22 bits per heavy atom. The lowest BCUT2D eigenvalue weighted by molar-refractivity contribution is -0.138. The third kappa shape index (κ3) is 2.75. The maximum absolute atomic E-state index is 10.9. The van der Waals surface area contributed by atoms with Gasteiger partial charge in [0.1, 0.15) is 0 Å². The molecule has 1 aliphatic carbocycles. The van der Waals surface area contributed by atoms with Gasteiger partial charge in [0, 0.05) is 5.03 Å². The Hall–Kier alpha value is -1.28. The van der Waals surface area contributed by atoms with Crippen LogP contribution in [0.3, 0.4) is 0 Å². The largest absolute Gasteiger partial charge is 0.481 e. The van der Waals surface area contributed by atoms with Gasteiger partial charge in [-0.05, 0) is 49.3 Å². The molecule has 0 bridgehead atoms. The van der Waals surface area contributed by atoms with Gasteiger partial charge in [-0.3, -0.25) is 4.79 Å². The molecule has 0 spiro atoms. The van der Waals surface area contributed by atoms with Crippen molar-refractivity contribution in [3.8, 4) is 0 Å². The zero-order chi connectivity index (χ0) is 13.1. The van der Waals surface area contributed by atoms with Crippen molar-refractivity contribution in [3.05, 3.63) is 40.4 Å². The number of carboxylic acids is 1. The first-order chi connectivity index (χ1) is 8.59. The van der Waals surface area contributed by atoms with E-state index in [1.54, 1.807) is 6.92 Å². The maximum atomic E-state index is 10.9. The van der Waals surface area contributed by atoms with Crippen molar-refractivity contribution in [1.82, 2.24) is 0 Å². The second-order valence-corrected chi connectivity index (χ2v) is 5.23. The molecule has 96 valence electrons. The molecule has 2 rings (SSSR count). The van der Waals surface area contributed by atoms with E-state index in [4.69, 9.17) is 16.7 Å². The molecule has 0 saturated carbocycles. The molecule has 0 aliphatic heterocycles. The summed E-state index contributed by atoms with van der Waals surface area (Å²) >= 11 is 6.26. The van der Waals surface area contributed by atoms with Crippen LogP contribution in [0.4, 0.5) is 0 Å². The topological polar surface area (TPSA) is 37.3 Å². The van der Waals surface area contributed by atoms with Crippen molar-refractivity contribution < 1.29 is 9.90 Å². The van der Waals surface area contributed by atoms with Gasteiger partial charge in [0.15, 0.2) is 0 Å². The average Bonchev–Trinajstić information content (AvgIpc) is 2.38. The highest BCUT2D eigenvalue weighted by Crippen LogP contribution is 2.34. The van der Waals surface area contributed by atoms with Crippen molar-refractivity contribution in [2.45, 2.75) is 38.5 Å². The third-order valence-electron chi connectivity index (χ3n) is 3.53. The highest BCUT2D eigenvalue weighted by Gasteiger charge is 2.15. The summed E-state index contributed by atoms with van der Waals surface area (Å²) in [6.45, 7) is 1.70. The molecule has 0 fully saturated rings. The first kappa shape index (κ1) is 13.2. The van der Waals surface area contributed by atoms with Gasteiger partial charge in [0.05, 0.1) is 5.92 Å². The van der Waals surface area contributed by atoms with E-state index >= 15 is 0 Å². The highest BCUT2D eigenvalue weighted by molar-refractivity contribution is 6.32. The van der Waals surface area contributed by atoms with Crippen LogP contribution in [0.1, 0.15) is 49.7 Å². The zero-order valence-corrected chi connectivity index (χ0v) is 11.2. The Balaban J connectivity index is 2.25. The quantitative estimate of drug-likeness (QED) is 0.879. The van der Waals surface area contributed by atoms with Crippen LogP contribution in [0.25, 0.3) is 5.57 Å². The number of halogens is 1. The predicted octanol–water partition coefficient (Wildman–Crippen LogP) is 4.40. The molecule has 3 heteroatoms. The summed E-state index contributed by atoms with van der Waals surface area (Å²) in [6.07, 6.45) is 4.33. The van der Waals surface area contributed by atoms with Crippen LogP contribution >= 0.6 is 11.6 Å². The number of carbonyl (C=O) groups is 1. The minimum Gasteiger partial charge on any atom is -0.481 e. The summed E-state index contributed by atoms with van der Waals surface area (Å²) in [5.74, 6) is -1.26. The molecule has 1 aromatic carbocycles. The van der Waals surface area contributed by atoms with Gasteiger partial charge in [-0.1, -0.05) is 35.9 Å². The van der Waals surface area contributed by atoms with Crippen LogP contribution in [0.15, 0.2) is 29.3 Å². The van der Waals surface area contributed by atoms with E-state index < -0.39 is 11.9 Å². The van der Waals surface area contributed by atoms with Crippen molar-refractivity contribution in [2.24, 2.45) is 0 Å². The molecule has 2 nitrogen and oxygen atoms in total. The van der Waals surface area contributed by atoms with Crippen LogP contribution in [-0.4, -0.2) is 11.1 Å². The summed E-state index contributed by atoms with van der Waals surface area (Å²) in [6, 6.07) is 7.75. The van der Waals surface area contributed by atoms with Crippen LogP contribution in [0.5, 0.6) is 0 Å². The Kier molecular flexibility index (Phi) is 4.07. The highest BCUT2D eigenvalue weighted by atomic mass is 35.5. The second-order valence-electron chi connectivity index (χ2n) is 4.77. The lowest BCUT2D eigenvalue weighted by atomic mass is 9.91. The van der Waals surface area contributed by atoms with E-state index in [2.05, 4.69) is 0 Å². The Morgan fingerprint density at radius 3 is 2.39 bits per heavy atom. The number of rotatable bonds is 3. The van der Waals surface area contributed by atoms with E-state index in [0.29, 0.717) is 0 Å². The fourth-order valence-electron chi connectivity index (χ4n) is 2.29. The fraction of sp³-hybridized carbons (Fsp3) is 0.400. The monoisotopic (exact) mass is 264 g/mol. The SMILES string of the molecule is CC(C(=O)O)c1ccc(C2=C(Cl)CCCC2)cc1. The molecule has 18 heavy (non-hydrogen) atoms. The predicted molar refractivity (Wildman–Crippen MR) is 73.7 cm³/mol. The standard InChI is InChI=1S/C15H17ClO2/c1-10(15(17)18)11-6-8-12(9-7-11)13-4-2-3-5-14(13)16/h6-10H,2-5H2,1H3,(H,17,18). The lowest BCUT2D eigenvalue weighted by Gasteiger charge is -2.17. The van der Waals surface area contributed by atoms with Gasteiger partial charge in [-0.15, -0.1) is 0 Å². The van der Waals surface area contributed by atoms with Crippen LogP contribution in [0, 0.1) is 0 Å². The molecule has 0 heterocycles. The summed E-state index contributed by atoms with van der Waals surface area (Å²) < 4.78 is 0. The van der Waals surface area contributed by atoms with E-state index in [1.807, 2.05) is 24.3 Å². The van der Waals surface area contributed by atoms with E-state index in [1.165, 1.54) is 12.0 Å². The van der Waals surface area contributed by atoms with Crippen molar-refractivity contribution in [1.29, 1.82) is 0 Å². The number of allylic oxidation sites excluding steroid dienone is 2. The van der Waals surface area contributed by atoms with Gasteiger partial charge in [-0.25, -0.2) is 0 Å². The van der Waals surface area contributed by atoms with Crippen LogP contribution in [0.2, 0.25) is 0 Å². The minimum absolute atomic E-state index is 0.463. The smallest absolute Gasteiger partial charge is 0.310 e. The zero-order valence-electron chi connectivity index (χ0n) is 10.4. The fourth-order valence-corrected chi connectivity index (χ4v) is 2.62. The summed E-state index contributed by atoms with van der Waals surface area (Å²) in [5.41, 5.74) is 3.18. The normalized spacial score (nSPS) is 17.7. The molecular weight excluding hydrogens is 248 g/mol. The molecule has 0 saturated heterocycles. The van der Waals surface area contributed by atoms with Crippen molar-refractivity contribution in [2.75, 3.05) is 0 Å². The molecule has 0 amide bonds. The minimum atomic E-state index is -0.794. The van der Waals surface area contributed by atoms with Crippen LogP contribution < -0.4 is 0 Å². The van der Waals surface area contributed by atoms with Gasteiger partial charge in [0.25, 0.3) is 0 Å². The summed E-state index contributed by atoms with van der Waals surface area (Å²) in [7, 11) is 0. The van der Waals surface area contributed by atoms with Crippen molar-refractivity contribution >= 4 is 23.1 Å². The van der Waals surface area contributed by atoms with Crippen molar-refractivity contribution in [3.63, 3.8) is 0 Å². The Morgan fingerprint density at radius 2 is 1.83 bits per heavy atom. The van der Waals surface area contributed by atoms with E-state index in [-0.39, 0.29) is 0 Å². The molecule has 0 radical (unpaired) electrons. The number of benzene rings is 1. The molecule has 1 aromatic rings. The summed E-state index contributed by atoms with van der Waals surface area (Å²) in [5, 5.41) is 9.92. The molecular formula is C15H17ClO2. The van der Waals surface area contributed by atoms with Gasteiger partial charge < -0.3 is 5.11 Å². The van der Waals surface area contributed by atoms with Crippen LogP contribution in [-0.2, 0) is 4.79 Å². The summed E-state index contributed by atoms with van der Waals surface area (Å²) in [4.78, 5) is 10.9. The second kappa shape index (κ2) is 5.57. The first-order valence-corrected chi connectivity index (χ1v) is 6.68. The first-order valence-electron chi connectivity index (χ1n) is 6.30. The molecule has 1 N–H and O–H groups in total. The van der Waals surface area contributed by atoms with Gasteiger partial charge in [-0.2, -0.15) is 0 Å². The van der Waals surface area contributed by atoms with Gasteiger partial charge in [0.2, 0.25) is 0 Å². The van der Waals surface area contributed by atoms with E-state index in [9.17, 15) is 4.79 Å². The number of carboxylic acid groups (broad SMARTS) is 1. The lowest BCUT2D eigenvalue weighted by Crippen LogP contribution is -2.07. The number of aliphatic carboxylic acids is 1. The maximum Gasteiger partial charge on any atom is 0.310 e. The molecule has 1 unspecified atom stereocenters.